The average Bonchev–Trinajstić information content (AvgIpc) is 2.98. The summed E-state index contributed by atoms with van der Waals surface area (Å²) in [6.07, 6.45) is 1.69. The highest BCUT2D eigenvalue weighted by Gasteiger charge is 2.34. The van der Waals surface area contributed by atoms with Crippen molar-refractivity contribution >= 4 is 11.9 Å². The lowest BCUT2D eigenvalue weighted by molar-refractivity contribution is 0.0605. The van der Waals surface area contributed by atoms with Crippen molar-refractivity contribution in [2.24, 2.45) is 0 Å². The Morgan fingerprint density at radius 1 is 1.16 bits per heavy atom. The van der Waals surface area contributed by atoms with Crippen LogP contribution < -0.4 is 0 Å². The molecule has 2 aromatic rings. The van der Waals surface area contributed by atoms with E-state index in [1.807, 2.05) is 56.0 Å². The summed E-state index contributed by atoms with van der Waals surface area (Å²) < 4.78 is 0. The second-order valence-corrected chi connectivity index (χ2v) is 6.89. The summed E-state index contributed by atoms with van der Waals surface area (Å²) in [7, 11) is 0. The summed E-state index contributed by atoms with van der Waals surface area (Å²) in [5.74, 6) is -0.929. The number of hydrogen-bond acceptors (Lipinski definition) is 2. The van der Waals surface area contributed by atoms with E-state index in [4.69, 9.17) is 0 Å². The molecular weight excluding hydrogens is 314 g/mol. The van der Waals surface area contributed by atoms with Crippen molar-refractivity contribution in [2.45, 2.75) is 45.7 Å². The molecule has 4 nitrogen and oxygen atoms in total. The Kier molecular flexibility index (Phi) is 4.62. The third kappa shape index (κ3) is 3.16. The molecule has 1 unspecified atom stereocenters. The first kappa shape index (κ1) is 17.2. The molecule has 0 aromatic heterocycles. The molecule has 1 N–H and O–H groups in total. The van der Waals surface area contributed by atoms with E-state index in [9.17, 15) is 14.7 Å². The number of amides is 1. The number of hydrogen-bond donors (Lipinski definition) is 1. The zero-order valence-corrected chi connectivity index (χ0v) is 14.8. The summed E-state index contributed by atoms with van der Waals surface area (Å²) in [6, 6.07) is 12.8. The van der Waals surface area contributed by atoms with Gasteiger partial charge in [-0.2, -0.15) is 0 Å². The van der Waals surface area contributed by atoms with Crippen LogP contribution in [0.2, 0.25) is 0 Å². The molecule has 0 saturated carbocycles. The average molecular weight is 337 g/mol. The van der Waals surface area contributed by atoms with Gasteiger partial charge in [0.2, 0.25) is 0 Å². The van der Waals surface area contributed by atoms with Gasteiger partial charge in [-0.05, 0) is 68.5 Å². The van der Waals surface area contributed by atoms with Gasteiger partial charge in [0.05, 0.1) is 11.6 Å². The van der Waals surface area contributed by atoms with Crippen molar-refractivity contribution in [3.63, 3.8) is 0 Å². The van der Waals surface area contributed by atoms with Crippen molar-refractivity contribution < 1.29 is 14.7 Å². The molecule has 1 aliphatic rings. The van der Waals surface area contributed by atoms with Gasteiger partial charge in [-0.3, -0.25) is 4.79 Å². The Balaban J connectivity index is 2.02. The summed E-state index contributed by atoms with van der Waals surface area (Å²) in [4.78, 5) is 26.5. The van der Waals surface area contributed by atoms with Crippen LogP contribution in [0.4, 0.5) is 0 Å². The predicted molar refractivity (Wildman–Crippen MR) is 96.9 cm³/mol. The Bertz CT molecular complexity index is 826. The number of rotatable bonds is 4. The van der Waals surface area contributed by atoms with Gasteiger partial charge in [0, 0.05) is 11.6 Å². The van der Waals surface area contributed by atoms with Crippen LogP contribution in [0.25, 0.3) is 0 Å². The number of benzene rings is 2. The molecule has 0 spiro atoms. The molecular formula is C21H23NO3. The van der Waals surface area contributed by atoms with Gasteiger partial charge in [0.15, 0.2) is 0 Å². The topological polar surface area (TPSA) is 57.6 Å². The maximum absolute atomic E-state index is 13.2. The molecule has 4 heteroatoms. The van der Waals surface area contributed by atoms with E-state index in [-0.39, 0.29) is 23.6 Å². The van der Waals surface area contributed by atoms with E-state index < -0.39 is 5.97 Å². The highest BCUT2D eigenvalue weighted by atomic mass is 16.4. The van der Waals surface area contributed by atoms with Crippen molar-refractivity contribution in [2.75, 3.05) is 0 Å². The zero-order chi connectivity index (χ0) is 18.1. The maximum atomic E-state index is 13.2. The maximum Gasteiger partial charge on any atom is 0.335 e. The molecule has 0 aliphatic heterocycles. The number of aryl methyl sites for hydroxylation is 2. The molecule has 0 fully saturated rings. The van der Waals surface area contributed by atoms with Gasteiger partial charge in [-0.25, -0.2) is 4.79 Å². The number of carboxylic acid groups (broad SMARTS) is 1. The molecule has 1 atom stereocenters. The van der Waals surface area contributed by atoms with Gasteiger partial charge < -0.3 is 10.0 Å². The van der Waals surface area contributed by atoms with E-state index in [0.717, 1.165) is 29.5 Å². The number of aromatic carboxylic acids is 1. The van der Waals surface area contributed by atoms with Crippen molar-refractivity contribution in [3.8, 4) is 0 Å². The second kappa shape index (κ2) is 6.71. The van der Waals surface area contributed by atoms with E-state index in [2.05, 4.69) is 0 Å². The smallest absolute Gasteiger partial charge is 0.335 e. The van der Waals surface area contributed by atoms with Crippen LogP contribution in [0.15, 0.2) is 42.5 Å². The molecule has 0 heterocycles. The Morgan fingerprint density at radius 2 is 1.88 bits per heavy atom. The largest absolute Gasteiger partial charge is 0.478 e. The molecule has 2 aromatic carbocycles. The Hall–Kier alpha value is -2.62. The second-order valence-electron chi connectivity index (χ2n) is 6.89. The molecule has 0 bridgehead atoms. The summed E-state index contributed by atoms with van der Waals surface area (Å²) in [5.41, 5.74) is 4.04. The van der Waals surface area contributed by atoms with Crippen LogP contribution in [-0.4, -0.2) is 27.9 Å². The molecule has 25 heavy (non-hydrogen) atoms. The quantitative estimate of drug-likeness (QED) is 0.908. The monoisotopic (exact) mass is 337 g/mol. The molecule has 1 amide bonds. The first-order chi connectivity index (χ1) is 11.9. The standard InChI is InChI=1S/C21H23NO3/c1-13(2)22(20(23)17-7-5-4-6-14(17)3)19-11-10-15-8-9-16(21(24)25)12-18(15)19/h4-9,12-13,19H,10-11H2,1-3H3,(H,24,25). The normalized spacial score (nSPS) is 15.9. The van der Waals surface area contributed by atoms with Crippen LogP contribution in [0.3, 0.4) is 0 Å². The van der Waals surface area contributed by atoms with Crippen molar-refractivity contribution in [1.82, 2.24) is 4.90 Å². The Labute approximate surface area is 148 Å². The summed E-state index contributed by atoms with van der Waals surface area (Å²) >= 11 is 0. The first-order valence-corrected chi connectivity index (χ1v) is 8.64. The van der Waals surface area contributed by atoms with E-state index in [0.29, 0.717) is 5.56 Å². The fourth-order valence-corrected chi connectivity index (χ4v) is 3.69. The van der Waals surface area contributed by atoms with Crippen LogP contribution in [0.5, 0.6) is 0 Å². The molecule has 130 valence electrons. The van der Waals surface area contributed by atoms with Gasteiger partial charge in [-0.1, -0.05) is 24.3 Å². The SMILES string of the molecule is Cc1ccccc1C(=O)N(C(C)C)C1CCc2ccc(C(=O)O)cc21. The van der Waals surface area contributed by atoms with Crippen LogP contribution >= 0.6 is 0 Å². The molecule has 3 rings (SSSR count). The van der Waals surface area contributed by atoms with Crippen molar-refractivity contribution in [3.05, 3.63) is 70.3 Å². The van der Waals surface area contributed by atoms with Gasteiger partial charge in [-0.15, -0.1) is 0 Å². The lowest BCUT2D eigenvalue weighted by Crippen LogP contribution is -2.39. The van der Waals surface area contributed by atoms with E-state index in [1.165, 1.54) is 0 Å². The van der Waals surface area contributed by atoms with E-state index in [1.54, 1.807) is 12.1 Å². The summed E-state index contributed by atoms with van der Waals surface area (Å²) in [5, 5.41) is 9.29. The fraction of sp³-hybridized carbons (Fsp3) is 0.333. The van der Waals surface area contributed by atoms with Gasteiger partial charge in [0.25, 0.3) is 5.91 Å². The number of nitrogens with zero attached hydrogens (tertiary/aromatic N) is 1. The number of fused-ring (bicyclic) bond motifs is 1. The third-order valence-corrected chi connectivity index (χ3v) is 4.94. The minimum atomic E-state index is -0.935. The highest BCUT2D eigenvalue weighted by Crippen LogP contribution is 2.38. The predicted octanol–water partition coefficient (Wildman–Crippen LogP) is 4.23. The first-order valence-electron chi connectivity index (χ1n) is 8.64. The highest BCUT2D eigenvalue weighted by molar-refractivity contribution is 5.96. The lowest BCUT2D eigenvalue weighted by Gasteiger charge is -2.34. The fourth-order valence-electron chi connectivity index (χ4n) is 3.69. The number of carboxylic acids is 1. The van der Waals surface area contributed by atoms with Crippen LogP contribution in [-0.2, 0) is 6.42 Å². The third-order valence-electron chi connectivity index (χ3n) is 4.94. The van der Waals surface area contributed by atoms with Crippen molar-refractivity contribution in [1.29, 1.82) is 0 Å². The summed E-state index contributed by atoms with van der Waals surface area (Å²) in [6.45, 7) is 5.96. The molecule has 1 aliphatic carbocycles. The number of carbonyl (C=O) groups excluding carboxylic acids is 1. The molecule has 0 saturated heterocycles. The lowest BCUT2D eigenvalue weighted by atomic mass is 10.00. The van der Waals surface area contributed by atoms with Crippen LogP contribution in [0, 0.1) is 6.92 Å². The minimum absolute atomic E-state index is 0.00618. The van der Waals surface area contributed by atoms with Gasteiger partial charge in [0.1, 0.15) is 0 Å². The molecule has 0 radical (unpaired) electrons. The Morgan fingerprint density at radius 3 is 2.52 bits per heavy atom. The zero-order valence-electron chi connectivity index (χ0n) is 14.8. The minimum Gasteiger partial charge on any atom is -0.478 e. The van der Waals surface area contributed by atoms with Crippen LogP contribution in [0.1, 0.15) is 63.7 Å². The van der Waals surface area contributed by atoms with Gasteiger partial charge >= 0.3 is 5.97 Å². The van der Waals surface area contributed by atoms with E-state index >= 15 is 0 Å². The number of carbonyl (C=O) groups is 2.